The summed E-state index contributed by atoms with van der Waals surface area (Å²) in [7, 11) is 1.39. The van der Waals surface area contributed by atoms with Gasteiger partial charge in [0.25, 0.3) is 0 Å². The molecule has 2 aromatic carbocycles. The minimum atomic E-state index is -4.49. The fraction of sp³-hybridized carbons (Fsp3) is 0.176. The molecule has 0 aliphatic rings. The van der Waals surface area contributed by atoms with Crippen LogP contribution in [0.1, 0.15) is 32.7 Å². The summed E-state index contributed by atoms with van der Waals surface area (Å²) in [4.78, 5) is 24.1. The number of alkyl halides is 3. The van der Waals surface area contributed by atoms with Gasteiger partial charge < -0.3 is 9.84 Å². The van der Waals surface area contributed by atoms with E-state index in [-0.39, 0.29) is 16.9 Å². The Labute approximate surface area is 135 Å². The number of Topliss-reactive ketones (excluding diaryl/α,β-unsaturated/α-hetero) is 2. The SMILES string of the molecule is COc1ccc(C(=O)CC(=O)c2ccc(C(F)(F)F)cc2)c(O)c1. The van der Waals surface area contributed by atoms with Gasteiger partial charge in [0.05, 0.1) is 24.7 Å². The predicted molar refractivity (Wildman–Crippen MR) is 79.4 cm³/mol. The minimum Gasteiger partial charge on any atom is -0.507 e. The molecule has 0 fully saturated rings. The maximum atomic E-state index is 12.5. The number of ketones is 2. The van der Waals surface area contributed by atoms with Gasteiger partial charge in [-0.05, 0) is 24.3 Å². The van der Waals surface area contributed by atoms with E-state index >= 15 is 0 Å². The van der Waals surface area contributed by atoms with E-state index in [1.807, 2.05) is 0 Å². The molecule has 0 aliphatic heterocycles. The van der Waals surface area contributed by atoms with Gasteiger partial charge in [0, 0.05) is 11.6 Å². The number of aromatic hydroxyl groups is 1. The van der Waals surface area contributed by atoms with Crippen molar-refractivity contribution in [1.29, 1.82) is 0 Å². The van der Waals surface area contributed by atoms with Crippen molar-refractivity contribution in [2.75, 3.05) is 7.11 Å². The molecule has 0 saturated carbocycles. The summed E-state index contributed by atoms with van der Waals surface area (Å²) < 4.78 is 42.3. The maximum absolute atomic E-state index is 12.5. The highest BCUT2D eigenvalue weighted by Crippen LogP contribution is 2.29. The van der Waals surface area contributed by atoms with E-state index in [1.54, 1.807) is 0 Å². The number of methoxy groups -OCH3 is 1. The molecular weight excluding hydrogens is 325 g/mol. The number of phenolic OH excluding ortho intramolecular Hbond substituents is 1. The zero-order valence-corrected chi connectivity index (χ0v) is 12.6. The van der Waals surface area contributed by atoms with Gasteiger partial charge in [-0.25, -0.2) is 0 Å². The summed E-state index contributed by atoms with van der Waals surface area (Å²) in [5, 5.41) is 9.77. The van der Waals surface area contributed by atoms with Crippen molar-refractivity contribution in [2.24, 2.45) is 0 Å². The third kappa shape index (κ3) is 3.92. The molecule has 2 rings (SSSR count). The fourth-order valence-electron chi connectivity index (χ4n) is 2.06. The molecule has 0 bridgehead atoms. The summed E-state index contributed by atoms with van der Waals surface area (Å²) in [6.07, 6.45) is -5.06. The Bertz CT molecular complexity index is 764. The molecule has 0 heterocycles. The third-order valence-corrected chi connectivity index (χ3v) is 3.36. The summed E-state index contributed by atoms with van der Waals surface area (Å²) in [5.41, 5.74) is -0.946. The number of hydrogen-bond acceptors (Lipinski definition) is 4. The van der Waals surface area contributed by atoms with Crippen LogP contribution in [0.3, 0.4) is 0 Å². The van der Waals surface area contributed by atoms with Crippen LogP contribution in [-0.2, 0) is 6.18 Å². The first-order valence-corrected chi connectivity index (χ1v) is 6.83. The van der Waals surface area contributed by atoms with Crippen LogP contribution in [0.4, 0.5) is 13.2 Å². The number of carbonyl (C=O) groups is 2. The Kier molecular flexibility index (Phi) is 4.92. The molecule has 2 aromatic rings. The van der Waals surface area contributed by atoms with Crippen molar-refractivity contribution in [3.63, 3.8) is 0 Å². The van der Waals surface area contributed by atoms with Gasteiger partial charge in [-0.2, -0.15) is 13.2 Å². The smallest absolute Gasteiger partial charge is 0.416 e. The molecule has 0 amide bonds. The molecule has 24 heavy (non-hydrogen) atoms. The average molecular weight is 338 g/mol. The van der Waals surface area contributed by atoms with E-state index in [0.717, 1.165) is 24.3 Å². The molecule has 0 saturated heterocycles. The molecule has 0 unspecified atom stereocenters. The van der Waals surface area contributed by atoms with Crippen LogP contribution in [0.5, 0.6) is 11.5 Å². The van der Waals surface area contributed by atoms with Gasteiger partial charge in [0.2, 0.25) is 0 Å². The highest BCUT2D eigenvalue weighted by atomic mass is 19.4. The largest absolute Gasteiger partial charge is 0.507 e. The van der Waals surface area contributed by atoms with E-state index in [9.17, 15) is 27.9 Å². The molecule has 7 heteroatoms. The number of ether oxygens (including phenoxy) is 1. The highest BCUT2D eigenvalue weighted by Gasteiger charge is 2.30. The summed E-state index contributed by atoms with van der Waals surface area (Å²) in [6.45, 7) is 0. The van der Waals surface area contributed by atoms with E-state index in [2.05, 4.69) is 0 Å². The van der Waals surface area contributed by atoms with Gasteiger partial charge in [0.15, 0.2) is 11.6 Å². The highest BCUT2D eigenvalue weighted by molar-refractivity contribution is 6.14. The van der Waals surface area contributed by atoms with Crippen LogP contribution < -0.4 is 4.74 Å². The first-order valence-electron chi connectivity index (χ1n) is 6.83. The first-order chi connectivity index (χ1) is 11.2. The van der Waals surface area contributed by atoms with Crippen LogP contribution in [0.2, 0.25) is 0 Å². The molecule has 0 radical (unpaired) electrons. The Hall–Kier alpha value is -2.83. The van der Waals surface area contributed by atoms with E-state index in [1.165, 1.54) is 25.3 Å². The molecule has 0 aliphatic carbocycles. The third-order valence-electron chi connectivity index (χ3n) is 3.36. The molecular formula is C17H13F3O4. The van der Waals surface area contributed by atoms with Gasteiger partial charge in [-0.15, -0.1) is 0 Å². The van der Waals surface area contributed by atoms with Gasteiger partial charge >= 0.3 is 6.18 Å². The van der Waals surface area contributed by atoms with Crippen molar-refractivity contribution in [3.05, 3.63) is 59.2 Å². The van der Waals surface area contributed by atoms with Gasteiger partial charge in [-0.3, -0.25) is 9.59 Å². The van der Waals surface area contributed by atoms with Crippen molar-refractivity contribution in [2.45, 2.75) is 12.6 Å². The monoisotopic (exact) mass is 338 g/mol. The normalized spacial score (nSPS) is 11.2. The van der Waals surface area contributed by atoms with Crippen molar-refractivity contribution < 1.29 is 32.6 Å². The number of carbonyl (C=O) groups excluding carboxylic acids is 2. The molecule has 0 atom stereocenters. The topological polar surface area (TPSA) is 63.6 Å². The van der Waals surface area contributed by atoms with Gasteiger partial charge in [0.1, 0.15) is 11.5 Å². The van der Waals surface area contributed by atoms with Crippen molar-refractivity contribution in [3.8, 4) is 11.5 Å². The van der Waals surface area contributed by atoms with Crippen LogP contribution in [-0.4, -0.2) is 23.8 Å². The Morgan fingerprint density at radius 1 is 1.04 bits per heavy atom. The van der Waals surface area contributed by atoms with E-state index in [4.69, 9.17) is 4.74 Å². The number of hydrogen-bond donors (Lipinski definition) is 1. The quantitative estimate of drug-likeness (QED) is 0.664. The number of halogens is 3. The first kappa shape index (κ1) is 17.5. The van der Waals surface area contributed by atoms with Crippen LogP contribution in [0.25, 0.3) is 0 Å². The standard InChI is InChI=1S/C17H13F3O4/c1-24-12-6-7-13(15(22)8-12)16(23)9-14(21)10-2-4-11(5-3-10)17(18,19)20/h2-8,22H,9H2,1H3. The van der Waals surface area contributed by atoms with Crippen LogP contribution in [0, 0.1) is 0 Å². The lowest BCUT2D eigenvalue weighted by Crippen LogP contribution is -2.10. The van der Waals surface area contributed by atoms with E-state index in [0.29, 0.717) is 5.75 Å². The summed E-state index contributed by atoms with van der Waals surface area (Å²) >= 11 is 0. The number of phenols is 1. The maximum Gasteiger partial charge on any atom is 0.416 e. The Balaban J connectivity index is 2.13. The Morgan fingerprint density at radius 2 is 1.67 bits per heavy atom. The number of benzene rings is 2. The van der Waals surface area contributed by atoms with Crippen LogP contribution in [0.15, 0.2) is 42.5 Å². The number of rotatable bonds is 5. The zero-order chi connectivity index (χ0) is 17.9. The van der Waals surface area contributed by atoms with Gasteiger partial charge in [-0.1, -0.05) is 12.1 Å². The van der Waals surface area contributed by atoms with Crippen molar-refractivity contribution in [1.82, 2.24) is 0 Å². The lowest BCUT2D eigenvalue weighted by atomic mass is 10.00. The second kappa shape index (κ2) is 6.74. The minimum absolute atomic E-state index is 0.00986. The molecule has 4 nitrogen and oxygen atoms in total. The van der Waals surface area contributed by atoms with Crippen LogP contribution >= 0.6 is 0 Å². The lowest BCUT2D eigenvalue weighted by Gasteiger charge is -2.08. The van der Waals surface area contributed by atoms with Crippen molar-refractivity contribution >= 4 is 11.6 Å². The second-order valence-corrected chi connectivity index (χ2v) is 4.98. The Morgan fingerprint density at radius 3 is 2.17 bits per heavy atom. The lowest BCUT2D eigenvalue weighted by molar-refractivity contribution is -0.137. The fourth-order valence-corrected chi connectivity index (χ4v) is 2.06. The predicted octanol–water partition coefficient (Wildman–Crippen LogP) is 3.88. The average Bonchev–Trinajstić information content (AvgIpc) is 2.53. The second-order valence-electron chi connectivity index (χ2n) is 4.98. The summed E-state index contributed by atoms with van der Waals surface area (Å²) in [5.74, 6) is -1.26. The molecule has 0 aromatic heterocycles. The van der Waals surface area contributed by atoms with E-state index < -0.39 is 29.7 Å². The zero-order valence-electron chi connectivity index (χ0n) is 12.6. The molecule has 1 N–H and O–H groups in total. The molecule has 0 spiro atoms. The summed E-state index contributed by atoms with van der Waals surface area (Å²) in [6, 6.07) is 7.60. The molecule has 126 valence electrons.